The lowest BCUT2D eigenvalue weighted by molar-refractivity contribution is -0.137. The molecule has 0 atom stereocenters. The number of thiazole rings is 1. The Bertz CT molecular complexity index is 878. The Morgan fingerprint density at radius 2 is 1.79 bits per heavy atom. The van der Waals surface area contributed by atoms with Crippen molar-refractivity contribution in [3.8, 4) is 22.8 Å². The Labute approximate surface area is 138 Å². The molecule has 0 unspecified atom stereocenters. The molecular weight excluding hydrogens is 341 g/mol. The third kappa shape index (κ3) is 3.43. The summed E-state index contributed by atoms with van der Waals surface area (Å²) in [5, 5.41) is 23.8. The first-order chi connectivity index (χ1) is 11.3. The molecule has 3 aromatic rings. The molecule has 0 bridgehead atoms. The van der Waals surface area contributed by atoms with Crippen molar-refractivity contribution < 1.29 is 23.4 Å². The molecule has 2 aromatic carbocycles. The summed E-state index contributed by atoms with van der Waals surface area (Å²) in [6.07, 6.45) is -4.41. The first-order valence-electron chi connectivity index (χ1n) is 6.75. The number of phenols is 2. The molecular formula is C16H11F3N2O2S. The molecule has 0 saturated heterocycles. The minimum atomic E-state index is -4.41. The number of aromatic hydroxyl groups is 2. The largest absolute Gasteiger partial charge is 0.504 e. The van der Waals surface area contributed by atoms with Crippen LogP contribution in [-0.2, 0) is 6.18 Å². The van der Waals surface area contributed by atoms with Gasteiger partial charge in [0.1, 0.15) is 0 Å². The van der Waals surface area contributed by atoms with E-state index in [-0.39, 0.29) is 17.2 Å². The predicted octanol–water partition coefficient (Wildman–Crippen LogP) is 4.98. The Morgan fingerprint density at radius 3 is 2.50 bits per heavy atom. The summed E-state index contributed by atoms with van der Waals surface area (Å²) < 4.78 is 38.2. The average Bonchev–Trinajstić information content (AvgIpc) is 2.98. The Kier molecular flexibility index (Phi) is 4.06. The maximum Gasteiger partial charge on any atom is 0.416 e. The molecule has 0 radical (unpaired) electrons. The number of nitrogens with one attached hydrogen (secondary N) is 1. The van der Waals surface area contributed by atoms with Crippen molar-refractivity contribution in [2.45, 2.75) is 6.18 Å². The second-order valence-corrected chi connectivity index (χ2v) is 5.80. The van der Waals surface area contributed by atoms with Crippen LogP contribution in [0.15, 0.2) is 47.8 Å². The molecule has 3 N–H and O–H groups in total. The van der Waals surface area contributed by atoms with Crippen LogP contribution in [-0.4, -0.2) is 15.2 Å². The van der Waals surface area contributed by atoms with Gasteiger partial charge in [-0.1, -0.05) is 6.07 Å². The van der Waals surface area contributed by atoms with Gasteiger partial charge in [-0.25, -0.2) is 4.98 Å². The number of nitrogens with zero attached hydrogens (tertiary/aromatic N) is 1. The van der Waals surface area contributed by atoms with E-state index in [1.54, 1.807) is 11.4 Å². The topological polar surface area (TPSA) is 65.4 Å². The van der Waals surface area contributed by atoms with Crippen LogP contribution in [0.3, 0.4) is 0 Å². The van der Waals surface area contributed by atoms with Crippen LogP contribution < -0.4 is 5.32 Å². The van der Waals surface area contributed by atoms with Crippen molar-refractivity contribution in [3.63, 3.8) is 0 Å². The highest BCUT2D eigenvalue weighted by atomic mass is 32.1. The van der Waals surface area contributed by atoms with Gasteiger partial charge in [0.15, 0.2) is 16.6 Å². The van der Waals surface area contributed by atoms with Crippen molar-refractivity contribution >= 4 is 22.2 Å². The molecule has 0 aliphatic heterocycles. The van der Waals surface area contributed by atoms with Gasteiger partial charge in [-0.05, 0) is 36.4 Å². The van der Waals surface area contributed by atoms with Gasteiger partial charge >= 0.3 is 6.18 Å². The zero-order chi connectivity index (χ0) is 17.3. The van der Waals surface area contributed by atoms with Crippen LogP contribution >= 0.6 is 11.3 Å². The third-order valence-electron chi connectivity index (χ3n) is 3.22. The van der Waals surface area contributed by atoms with Crippen LogP contribution in [0.25, 0.3) is 11.3 Å². The fourth-order valence-electron chi connectivity index (χ4n) is 2.04. The third-order valence-corrected chi connectivity index (χ3v) is 3.97. The van der Waals surface area contributed by atoms with E-state index in [1.165, 1.54) is 35.6 Å². The second kappa shape index (κ2) is 6.04. The fourth-order valence-corrected chi connectivity index (χ4v) is 2.78. The lowest BCUT2D eigenvalue weighted by Gasteiger charge is -2.09. The fraction of sp³-hybridized carbons (Fsp3) is 0.0625. The maximum atomic E-state index is 12.7. The molecule has 124 valence electrons. The first-order valence-corrected chi connectivity index (χ1v) is 7.63. The number of rotatable bonds is 3. The quantitative estimate of drug-likeness (QED) is 0.582. The number of benzene rings is 2. The van der Waals surface area contributed by atoms with E-state index in [1.807, 2.05) is 0 Å². The van der Waals surface area contributed by atoms with Crippen molar-refractivity contribution in [1.29, 1.82) is 0 Å². The van der Waals surface area contributed by atoms with E-state index < -0.39 is 11.7 Å². The molecule has 3 rings (SSSR count). The highest BCUT2D eigenvalue weighted by molar-refractivity contribution is 7.14. The molecule has 1 heterocycles. The second-order valence-electron chi connectivity index (χ2n) is 4.94. The van der Waals surface area contributed by atoms with E-state index in [0.29, 0.717) is 16.4 Å². The molecule has 0 saturated carbocycles. The van der Waals surface area contributed by atoms with Gasteiger partial charge in [-0.15, -0.1) is 11.3 Å². The number of phenolic OH excluding ortho intramolecular Hbond substituents is 2. The predicted molar refractivity (Wildman–Crippen MR) is 85.6 cm³/mol. The van der Waals surface area contributed by atoms with Gasteiger partial charge in [0, 0.05) is 16.6 Å². The number of halogens is 3. The van der Waals surface area contributed by atoms with E-state index in [2.05, 4.69) is 10.3 Å². The molecule has 4 nitrogen and oxygen atoms in total. The molecule has 0 aliphatic rings. The summed E-state index contributed by atoms with van der Waals surface area (Å²) in [6.45, 7) is 0. The molecule has 0 aliphatic carbocycles. The van der Waals surface area contributed by atoms with E-state index >= 15 is 0 Å². The molecule has 1 aromatic heterocycles. The monoisotopic (exact) mass is 352 g/mol. The minimum absolute atomic E-state index is 0.240. The summed E-state index contributed by atoms with van der Waals surface area (Å²) in [5.41, 5.74) is 0.649. The highest BCUT2D eigenvalue weighted by Gasteiger charge is 2.30. The molecule has 8 heteroatoms. The van der Waals surface area contributed by atoms with Gasteiger partial charge in [-0.2, -0.15) is 13.2 Å². The summed E-state index contributed by atoms with van der Waals surface area (Å²) in [6, 6.07) is 9.12. The van der Waals surface area contributed by atoms with Gasteiger partial charge in [-0.3, -0.25) is 0 Å². The van der Waals surface area contributed by atoms with Crippen molar-refractivity contribution in [2.24, 2.45) is 0 Å². The summed E-state index contributed by atoms with van der Waals surface area (Å²) in [4.78, 5) is 4.27. The van der Waals surface area contributed by atoms with Crippen LogP contribution in [0.4, 0.5) is 24.0 Å². The van der Waals surface area contributed by atoms with E-state index in [4.69, 9.17) is 0 Å². The zero-order valence-electron chi connectivity index (χ0n) is 12.0. The average molecular weight is 352 g/mol. The van der Waals surface area contributed by atoms with Crippen LogP contribution in [0.2, 0.25) is 0 Å². The number of hydrogen-bond donors (Lipinski definition) is 3. The van der Waals surface area contributed by atoms with Crippen LogP contribution in [0, 0.1) is 0 Å². The molecule has 24 heavy (non-hydrogen) atoms. The maximum absolute atomic E-state index is 12.7. The number of hydrogen-bond acceptors (Lipinski definition) is 5. The SMILES string of the molecule is Oc1ccc(-c2csc(Nc3cccc(C(F)(F)F)c3)n2)cc1O. The standard InChI is InChI=1S/C16H11F3N2O2S/c17-16(18,19)10-2-1-3-11(7-10)20-15-21-12(8-24-15)9-4-5-13(22)14(23)6-9/h1-8,22-23H,(H,20,21). The lowest BCUT2D eigenvalue weighted by Crippen LogP contribution is -2.05. The van der Waals surface area contributed by atoms with Crippen LogP contribution in [0.5, 0.6) is 11.5 Å². The van der Waals surface area contributed by atoms with Crippen molar-refractivity contribution in [2.75, 3.05) is 5.32 Å². The first kappa shape index (κ1) is 16.1. The lowest BCUT2D eigenvalue weighted by atomic mass is 10.1. The van der Waals surface area contributed by atoms with Crippen LogP contribution in [0.1, 0.15) is 5.56 Å². The molecule has 0 fully saturated rings. The normalized spacial score (nSPS) is 11.5. The molecule has 0 amide bonds. The minimum Gasteiger partial charge on any atom is -0.504 e. The van der Waals surface area contributed by atoms with Gasteiger partial charge in [0.25, 0.3) is 0 Å². The van der Waals surface area contributed by atoms with E-state index in [9.17, 15) is 23.4 Å². The summed E-state index contributed by atoms with van der Waals surface area (Å²) >= 11 is 1.22. The van der Waals surface area contributed by atoms with E-state index in [0.717, 1.165) is 12.1 Å². The number of anilines is 2. The summed E-state index contributed by atoms with van der Waals surface area (Å²) in [7, 11) is 0. The zero-order valence-corrected chi connectivity index (χ0v) is 12.8. The Morgan fingerprint density at radius 1 is 1.00 bits per heavy atom. The van der Waals surface area contributed by atoms with Gasteiger partial charge < -0.3 is 15.5 Å². The van der Waals surface area contributed by atoms with Crippen molar-refractivity contribution in [1.82, 2.24) is 4.98 Å². The number of alkyl halides is 3. The Balaban J connectivity index is 1.83. The smallest absolute Gasteiger partial charge is 0.416 e. The van der Waals surface area contributed by atoms with Crippen molar-refractivity contribution in [3.05, 3.63) is 53.4 Å². The Hall–Kier alpha value is -2.74. The van der Waals surface area contributed by atoms with Gasteiger partial charge in [0.2, 0.25) is 0 Å². The summed E-state index contributed by atoms with van der Waals surface area (Å²) in [5.74, 6) is -0.510. The highest BCUT2D eigenvalue weighted by Crippen LogP contribution is 2.34. The molecule has 0 spiro atoms. The number of aromatic nitrogens is 1. The van der Waals surface area contributed by atoms with Gasteiger partial charge in [0.05, 0.1) is 11.3 Å².